The van der Waals surface area contributed by atoms with E-state index in [9.17, 15) is 0 Å². The molecule has 0 amide bonds. The Kier molecular flexibility index (Phi) is 4.06. The zero-order valence-corrected chi connectivity index (χ0v) is 11.9. The highest BCUT2D eigenvalue weighted by Crippen LogP contribution is 2.25. The number of rotatable bonds is 4. The number of benzene rings is 1. The lowest BCUT2D eigenvalue weighted by Gasteiger charge is -2.01. The van der Waals surface area contributed by atoms with Gasteiger partial charge >= 0.3 is 0 Å². The van der Waals surface area contributed by atoms with E-state index in [1.807, 2.05) is 24.3 Å². The van der Waals surface area contributed by atoms with Crippen LogP contribution in [0.3, 0.4) is 0 Å². The highest BCUT2D eigenvalue weighted by Gasteiger charge is 2.22. The van der Waals surface area contributed by atoms with Gasteiger partial charge in [-0.2, -0.15) is 4.98 Å². The number of aromatic nitrogens is 2. The molecule has 100 valence electrons. The van der Waals surface area contributed by atoms with Crippen molar-refractivity contribution < 1.29 is 4.52 Å². The zero-order chi connectivity index (χ0) is 13.1. The number of hydrogen-bond donors (Lipinski definition) is 1. The average Bonchev–Trinajstić information content (AvgIpc) is 3.09. The van der Waals surface area contributed by atoms with Crippen LogP contribution in [-0.2, 0) is 5.75 Å². The molecule has 2 heterocycles. The van der Waals surface area contributed by atoms with Crippen LogP contribution >= 0.6 is 23.4 Å². The molecule has 3 rings (SSSR count). The van der Waals surface area contributed by atoms with E-state index in [0.717, 1.165) is 28.7 Å². The van der Waals surface area contributed by atoms with Crippen LogP contribution in [0.15, 0.2) is 33.7 Å². The van der Waals surface area contributed by atoms with Gasteiger partial charge in [0.1, 0.15) is 0 Å². The van der Waals surface area contributed by atoms with E-state index < -0.39 is 0 Å². The summed E-state index contributed by atoms with van der Waals surface area (Å²) in [4.78, 5) is 5.59. The molecule has 1 aliphatic heterocycles. The summed E-state index contributed by atoms with van der Waals surface area (Å²) in [5.41, 5.74) is 0. The predicted octanol–water partition coefficient (Wildman–Crippen LogP) is 3.44. The molecule has 19 heavy (non-hydrogen) atoms. The van der Waals surface area contributed by atoms with E-state index in [4.69, 9.17) is 16.1 Å². The Morgan fingerprint density at radius 3 is 2.95 bits per heavy atom. The van der Waals surface area contributed by atoms with Crippen LogP contribution in [-0.4, -0.2) is 16.7 Å². The normalized spacial score (nSPS) is 18.9. The van der Waals surface area contributed by atoms with Crippen molar-refractivity contribution in [3.05, 3.63) is 41.0 Å². The highest BCUT2D eigenvalue weighted by molar-refractivity contribution is 7.98. The van der Waals surface area contributed by atoms with E-state index >= 15 is 0 Å². The van der Waals surface area contributed by atoms with Gasteiger partial charge in [0.05, 0.1) is 11.8 Å². The molecule has 1 atom stereocenters. The number of halogens is 1. The summed E-state index contributed by atoms with van der Waals surface area (Å²) < 4.78 is 5.30. The average molecular weight is 296 g/mol. The lowest BCUT2D eigenvalue weighted by molar-refractivity contribution is 0.342. The zero-order valence-electron chi connectivity index (χ0n) is 10.3. The molecule has 0 aliphatic carbocycles. The molecule has 1 aliphatic rings. The Bertz CT molecular complexity index is 537. The Labute approximate surface area is 120 Å². The van der Waals surface area contributed by atoms with Crippen LogP contribution in [0.25, 0.3) is 0 Å². The SMILES string of the molecule is Clc1ccc(SCc2noc([C@H]3CCCN3)n2)cc1. The van der Waals surface area contributed by atoms with Crippen molar-refractivity contribution >= 4 is 23.4 Å². The molecule has 2 aromatic rings. The molecule has 4 nitrogen and oxygen atoms in total. The van der Waals surface area contributed by atoms with E-state index in [0.29, 0.717) is 11.6 Å². The first-order chi connectivity index (χ1) is 9.31. The maximum Gasteiger partial charge on any atom is 0.243 e. The molecule has 0 radical (unpaired) electrons. The maximum absolute atomic E-state index is 5.85. The quantitative estimate of drug-likeness (QED) is 0.876. The van der Waals surface area contributed by atoms with Crippen molar-refractivity contribution in [3.63, 3.8) is 0 Å². The fourth-order valence-electron chi connectivity index (χ4n) is 2.04. The third-order valence-electron chi connectivity index (χ3n) is 3.02. The maximum atomic E-state index is 5.85. The van der Waals surface area contributed by atoms with Gasteiger partial charge in [-0.05, 0) is 43.7 Å². The van der Waals surface area contributed by atoms with Gasteiger partial charge in [0, 0.05) is 9.92 Å². The highest BCUT2D eigenvalue weighted by atomic mass is 35.5. The second-order valence-electron chi connectivity index (χ2n) is 4.44. The standard InChI is InChI=1S/C13H14ClN3OS/c14-9-3-5-10(6-4-9)19-8-12-16-13(18-17-12)11-2-1-7-15-11/h3-6,11,15H,1-2,7-8H2/t11-/m1/s1. The number of thioether (sulfide) groups is 1. The number of hydrogen-bond acceptors (Lipinski definition) is 5. The van der Waals surface area contributed by atoms with Gasteiger partial charge in [0.15, 0.2) is 5.82 Å². The molecule has 0 bridgehead atoms. The Morgan fingerprint density at radius 2 is 2.21 bits per heavy atom. The lowest BCUT2D eigenvalue weighted by Crippen LogP contribution is -2.13. The van der Waals surface area contributed by atoms with Gasteiger partial charge < -0.3 is 9.84 Å². The molecule has 1 aromatic carbocycles. The van der Waals surface area contributed by atoms with Crippen LogP contribution in [0, 0.1) is 0 Å². The minimum Gasteiger partial charge on any atom is -0.338 e. The summed E-state index contributed by atoms with van der Waals surface area (Å²) >= 11 is 7.52. The summed E-state index contributed by atoms with van der Waals surface area (Å²) in [5, 5.41) is 8.12. The summed E-state index contributed by atoms with van der Waals surface area (Å²) in [5.74, 6) is 2.16. The van der Waals surface area contributed by atoms with Crippen molar-refractivity contribution in [2.45, 2.75) is 29.5 Å². The Morgan fingerprint density at radius 1 is 1.37 bits per heavy atom. The van der Waals surface area contributed by atoms with Gasteiger partial charge in [-0.25, -0.2) is 0 Å². The largest absolute Gasteiger partial charge is 0.338 e. The minimum atomic E-state index is 0.238. The number of nitrogens with zero attached hydrogens (tertiary/aromatic N) is 2. The molecule has 1 saturated heterocycles. The molecular formula is C13H14ClN3OS. The number of nitrogens with one attached hydrogen (secondary N) is 1. The summed E-state index contributed by atoms with van der Waals surface area (Å²) in [6.07, 6.45) is 2.24. The van der Waals surface area contributed by atoms with Crippen molar-refractivity contribution in [2.24, 2.45) is 0 Å². The first-order valence-electron chi connectivity index (χ1n) is 6.25. The second kappa shape index (κ2) is 5.94. The smallest absolute Gasteiger partial charge is 0.243 e. The van der Waals surface area contributed by atoms with Gasteiger partial charge in [0.2, 0.25) is 5.89 Å². The molecule has 6 heteroatoms. The van der Waals surface area contributed by atoms with Crippen molar-refractivity contribution in [2.75, 3.05) is 6.54 Å². The van der Waals surface area contributed by atoms with Crippen molar-refractivity contribution in [1.29, 1.82) is 0 Å². The molecule has 1 fully saturated rings. The monoisotopic (exact) mass is 295 g/mol. The van der Waals surface area contributed by atoms with Crippen molar-refractivity contribution in [3.8, 4) is 0 Å². The van der Waals surface area contributed by atoms with Gasteiger partial charge in [-0.15, -0.1) is 11.8 Å². The molecule has 0 saturated carbocycles. The van der Waals surface area contributed by atoms with E-state index in [-0.39, 0.29) is 6.04 Å². The fourth-order valence-corrected chi connectivity index (χ4v) is 2.91. The predicted molar refractivity (Wildman–Crippen MR) is 75.3 cm³/mol. The van der Waals surface area contributed by atoms with E-state index in [1.165, 1.54) is 6.42 Å². The minimum absolute atomic E-state index is 0.238. The first kappa shape index (κ1) is 13.0. The molecular weight excluding hydrogens is 282 g/mol. The second-order valence-corrected chi connectivity index (χ2v) is 5.93. The van der Waals surface area contributed by atoms with Crippen LogP contribution in [0.5, 0.6) is 0 Å². The van der Waals surface area contributed by atoms with Gasteiger partial charge in [0.25, 0.3) is 0 Å². The van der Waals surface area contributed by atoms with Crippen molar-refractivity contribution in [1.82, 2.24) is 15.5 Å². The molecule has 0 spiro atoms. The van der Waals surface area contributed by atoms with E-state index in [1.54, 1.807) is 11.8 Å². The third kappa shape index (κ3) is 3.29. The molecule has 1 N–H and O–H groups in total. The molecule has 0 unspecified atom stereocenters. The Hall–Kier alpha value is -1.04. The fraction of sp³-hybridized carbons (Fsp3) is 0.385. The topological polar surface area (TPSA) is 51.0 Å². The van der Waals surface area contributed by atoms with Crippen LogP contribution in [0.4, 0.5) is 0 Å². The van der Waals surface area contributed by atoms with Gasteiger partial charge in [-0.3, -0.25) is 0 Å². The molecule has 1 aromatic heterocycles. The summed E-state index contributed by atoms with van der Waals surface area (Å²) in [6, 6.07) is 7.99. The van der Waals surface area contributed by atoms with Crippen LogP contribution in [0.1, 0.15) is 30.6 Å². The lowest BCUT2D eigenvalue weighted by atomic mass is 10.2. The summed E-state index contributed by atoms with van der Waals surface area (Å²) in [6.45, 7) is 1.03. The summed E-state index contributed by atoms with van der Waals surface area (Å²) in [7, 11) is 0. The van der Waals surface area contributed by atoms with Crippen LogP contribution in [0.2, 0.25) is 5.02 Å². The Balaban J connectivity index is 1.59. The van der Waals surface area contributed by atoms with Crippen LogP contribution < -0.4 is 5.32 Å². The van der Waals surface area contributed by atoms with E-state index in [2.05, 4.69) is 15.5 Å². The third-order valence-corrected chi connectivity index (χ3v) is 4.28. The first-order valence-corrected chi connectivity index (χ1v) is 7.62. The van der Waals surface area contributed by atoms with Gasteiger partial charge in [-0.1, -0.05) is 16.8 Å².